The van der Waals surface area contributed by atoms with Crippen LogP contribution in [0.1, 0.15) is 11.1 Å². The molecule has 3 heteroatoms. The molecule has 0 bridgehead atoms. The summed E-state index contributed by atoms with van der Waals surface area (Å²) in [6, 6.07) is 5.60. The van der Waals surface area contributed by atoms with E-state index in [2.05, 4.69) is 0 Å². The molecule has 0 amide bonds. The number of aliphatic hydroxyl groups is 1. The highest BCUT2D eigenvalue weighted by Gasteiger charge is 1.96. The maximum absolute atomic E-state index is 8.72. The molecule has 0 radical (unpaired) electrons. The van der Waals surface area contributed by atoms with E-state index in [1.807, 2.05) is 51.2 Å². The van der Waals surface area contributed by atoms with Crippen LogP contribution in [-0.2, 0) is 6.61 Å². The Balaban J connectivity index is 0.000000364. The summed E-state index contributed by atoms with van der Waals surface area (Å²) in [6.45, 7) is 1.98. The van der Waals surface area contributed by atoms with Crippen molar-refractivity contribution in [2.45, 2.75) is 13.5 Å². The highest BCUT2D eigenvalue weighted by Crippen LogP contribution is 2.16. The number of aliphatic hydroxyl groups excluding tert-OH is 1. The van der Waals surface area contributed by atoms with Crippen molar-refractivity contribution in [2.75, 3.05) is 21.1 Å². The topological polar surface area (TPSA) is 23.5 Å². The van der Waals surface area contributed by atoms with E-state index in [4.69, 9.17) is 16.7 Å². The highest BCUT2D eigenvalue weighted by atomic mass is 35.5. The molecule has 0 saturated carbocycles. The third-order valence-corrected chi connectivity index (χ3v) is 1.73. The number of aryl methyl sites for hydroxylation is 1. The third-order valence-electron chi connectivity index (χ3n) is 1.38. The zero-order valence-electron chi connectivity index (χ0n) is 9.21. The molecule has 2 nitrogen and oxygen atoms in total. The molecule has 0 fully saturated rings. The number of halogens is 1. The summed E-state index contributed by atoms with van der Waals surface area (Å²) >= 11 is 5.77. The summed E-state index contributed by atoms with van der Waals surface area (Å²) in [5.41, 5.74) is 1.90. The van der Waals surface area contributed by atoms with E-state index in [1.165, 1.54) is 0 Å². The van der Waals surface area contributed by atoms with Gasteiger partial charge in [-0.1, -0.05) is 23.7 Å². The molecule has 0 aromatic heterocycles. The zero-order chi connectivity index (χ0) is 11.1. The quantitative estimate of drug-likeness (QED) is 0.777. The normalized spacial score (nSPS) is 9.64. The monoisotopic (exact) mass is 215 g/mol. The standard InChI is InChI=1S/C8H9ClO.C3H9N/c1-6-2-3-7(5-10)8(9)4-6;1-4(2)3/h2-4,10H,5H2,1H3;1-3H3. The van der Waals surface area contributed by atoms with Crippen LogP contribution in [0.2, 0.25) is 5.02 Å². The van der Waals surface area contributed by atoms with Crippen LogP contribution in [0.4, 0.5) is 0 Å². The first kappa shape index (κ1) is 13.4. The van der Waals surface area contributed by atoms with Crippen molar-refractivity contribution >= 4 is 11.6 Å². The van der Waals surface area contributed by atoms with E-state index in [1.54, 1.807) is 0 Å². The van der Waals surface area contributed by atoms with Crippen LogP contribution in [0.5, 0.6) is 0 Å². The Bertz CT molecular complexity index is 271. The van der Waals surface area contributed by atoms with Gasteiger partial charge in [0.1, 0.15) is 0 Å². The van der Waals surface area contributed by atoms with Gasteiger partial charge < -0.3 is 10.0 Å². The summed E-state index contributed by atoms with van der Waals surface area (Å²) in [6.07, 6.45) is 0. The Morgan fingerprint density at radius 3 is 2.14 bits per heavy atom. The Hall–Kier alpha value is -0.570. The number of nitrogens with zero attached hydrogens (tertiary/aromatic N) is 1. The fraction of sp³-hybridized carbons (Fsp3) is 0.455. The minimum atomic E-state index is 0.0130. The Morgan fingerprint density at radius 2 is 1.79 bits per heavy atom. The van der Waals surface area contributed by atoms with Crippen LogP contribution in [0, 0.1) is 6.92 Å². The minimum absolute atomic E-state index is 0.0130. The van der Waals surface area contributed by atoms with Gasteiger partial charge in [0.2, 0.25) is 0 Å². The van der Waals surface area contributed by atoms with E-state index in [9.17, 15) is 0 Å². The first-order valence-corrected chi connectivity index (χ1v) is 4.82. The maximum Gasteiger partial charge on any atom is 0.0696 e. The molecule has 80 valence electrons. The van der Waals surface area contributed by atoms with Gasteiger partial charge in [-0.3, -0.25) is 0 Å². The molecule has 0 atom stereocenters. The van der Waals surface area contributed by atoms with E-state index >= 15 is 0 Å². The molecule has 1 N–H and O–H groups in total. The lowest BCUT2D eigenvalue weighted by Gasteiger charge is -1.99. The summed E-state index contributed by atoms with van der Waals surface area (Å²) < 4.78 is 0. The van der Waals surface area contributed by atoms with Crippen molar-refractivity contribution in [3.8, 4) is 0 Å². The van der Waals surface area contributed by atoms with Gasteiger partial charge in [-0.2, -0.15) is 0 Å². The number of benzene rings is 1. The van der Waals surface area contributed by atoms with E-state index in [-0.39, 0.29) is 6.61 Å². The molecule has 0 aliphatic rings. The Labute approximate surface area is 91.1 Å². The summed E-state index contributed by atoms with van der Waals surface area (Å²) in [5.74, 6) is 0. The van der Waals surface area contributed by atoms with Gasteiger partial charge in [-0.05, 0) is 45.3 Å². The summed E-state index contributed by atoms with van der Waals surface area (Å²) in [7, 11) is 6.00. The van der Waals surface area contributed by atoms with E-state index in [0.29, 0.717) is 5.02 Å². The fourth-order valence-corrected chi connectivity index (χ4v) is 1.08. The van der Waals surface area contributed by atoms with E-state index < -0.39 is 0 Å². The lowest BCUT2D eigenvalue weighted by Crippen LogP contribution is -1.99. The average Bonchev–Trinajstić information content (AvgIpc) is 2.03. The summed E-state index contributed by atoms with van der Waals surface area (Å²) in [4.78, 5) is 2.00. The van der Waals surface area contributed by atoms with Gasteiger partial charge in [0.05, 0.1) is 6.61 Å². The van der Waals surface area contributed by atoms with Gasteiger partial charge >= 0.3 is 0 Å². The minimum Gasteiger partial charge on any atom is -0.392 e. The van der Waals surface area contributed by atoms with Crippen molar-refractivity contribution in [3.63, 3.8) is 0 Å². The molecule has 0 aliphatic heterocycles. The number of rotatable bonds is 1. The van der Waals surface area contributed by atoms with Gasteiger partial charge in [0.25, 0.3) is 0 Å². The third kappa shape index (κ3) is 5.97. The second kappa shape index (κ2) is 6.82. The van der Waals surface area contributed by atoms with Crippen molar-refractivity contribution in [1.29, 1.82) is 0 Å². The van der Waals surface area contributed by atoms with E-state index in [0.717, 1.165) is 11.1 Å². The summed E-state index contributed by atoms with van der Waals surface area (Å²) in [5, 5.41) is 9.37. The second-order valence-electron chi connectivity index (χ2n) is 3.59. The molecular formula is C11H18ClNO. The van der Waals surface area contributed by atoms with Crippen LogP contribution in [0.15, 0.2) is 18.2 Å². The number of hydrogen-bond acceptors (Lipinski definition) is 2. The van der Waals surface area contributed by atoms with Gasteiger partial charge in [-0.25, -0.2) is 0 Å². The smallest absolute Gasteiger partial charge is 0.0696 e. The highest BCUT2D eigenvalue weighted by molar-refractivity contribution is 6.31. The van der Waals surface area contributed by atoms with Crippen LogP contribution in [0.25, 0.3) is 0 Å². The second-order valence-corrected chi connectivity index (χ2v) is 4.00. The SMILES string of the molecule is CN(C)C.Cc1ccc(CO)c(Cl)c1. The molecule has 0 spiro atoms. The molecule has 0 saturated heterocycles. The van der Waals surface area contributed by atoms with Crippen LogP contribution < -0.4 is 0 Å². The van der Waals surface area contributed by atoms with Crippen molar-refractivity contribution in [3.05, 3.63) is 34.3 Å². The molecule has 0 aliphatic carbocycles. The molecule has 0 unspecified atom stereocenters. The lowest BCUT2D eigenvalue weighted by molar-refractivity contribution is 0.282. The van der Waals surface area contributed by atoms with Crippen LogP contribution in [0.3, 0.4) is 0 Å². The van der Waals surface area contributed by atoms with Gasteiger partial charge in [0.15, 0.2) is 0 Å². The predicted molar refractivity (Wildman–Crippen MR) is 61.7 cm³/mol. The fourth-order valence-electron chi connectivity index (χ4n) is 0.781. The van der Waals surface area contributed by atoms with Crippen LogP contribution in [-0.4, -0.2) is 31.1 Å². The molecule has 1 aromatic carbocycles. The number of hydrogen-bond donors (Lipinski definition) is 1. The van der Waals surface area contributed by atoms with Gasteiger partial charge in [-0.15, -0.1) is 0 Å². The van der Waals surface area contributed by atoms with Crippen LogP contribution >= 0.6 is 11.6 Å². The molecule has 0 heterocycles. The maximum atomic E-state index is 8.72. The van der Waals surface area contributed by atoms with Crippen molar-refractivity contribution in [1.82, 2.24) is 4.90 Å². The van der Waals surface area contributed by atoms with Crippen molar-refractivity contribution in [2.24, 2.45) is 0 Å². The Kier molecular flexibility index (Phi) is 6.54. The largest absolute Gasteiger partial charge is 0.392 e. The first-order valence-electron chi connectivity index (χ1n) is 4.44. The average molecular weight is 216 g/mol. The van der Waals surface area contributed by atoms with Gasteiger partial charge in [0, 0.05) is 5.02 Å². The first-order chi connectivity index (χ1) is 6.47. The molecular weight excluding hydrogens is 198 g/mol. The molecule has 1 rings (SSSR count). The Morgan fingerprint density at radius 1 is 1.29 bits per heavy atom. The van der Waals surface area contributed by atoms with Crippen molar-refractivity contribution < 1.29 is 5.11 Å². The lowest BCUT2D eigenvalue weighted by atomic mass is 10.2. The zero-order valence-corrected chi connectivity index (χ0v) is 9.97. The molecule has 1 aromatic rings. The molecule has 14 heavy (non-hydrogen) atoms. The predicted octanol–water partition coefficient (Wildman–Crippen LogP) is 2.32.